The van der Waals surface area contributed by atoms with E-state index in [0.717, 1.165) is 35.1 Å². The molecule has 2 aromatic carbocycles. The number of carbonyl (C=O) groups is 1. The number of ether oxygens (including phenoxy) is 1. The van der Waals surface area contributed by atoms with Gasteiger partial charge in [0.2, 0.25) is 4.80 Å². The summed E-state index contributed by atoms with van der Waals surface area (Å²) in [5.74, 6) is -0.736. The van der Waals surface area contributed by atoms with Crippen LogP contribution in [-0.4, -0.2) is 27.7 Å². The third-order valence-electron chi connectivity index (χ3n) is 4.69. The van der Waals surface area contributed by atoms with Gasteiger partial charge in [-0.25, -0.2) is 18.9 Å². The van der Waals surface area contributed by atoms with Crippen LogP contribution in [0.15, 0.2) is 57.1 Å². The normalized spacial score (nSPS) is 13.8. The summed E-state index contributed by atoms with van der Waals surface area (Å²) in [4.78, 5) is 30.3. The average Bonchev–Trinajstić information content (AvgIpc) is 3.09. The molecule has 1 aliphatic rings. The van der Waals surface area contributed by atoms with Gasteiger partial charge in [0.15, 0.2) is 0 Å². The molecule has 4 rings (SSSR count). The highest BCUT2D eigenvalue weighted by molar-refractivity contribution is 7.99. The minimum atomic E-state index is -0.669. The summed E-state index contributed by atoms with van der Waals surface area (Å²) >= 11 is 8.60. The quantitative estimate of drug-likeness (QED) is 0.297. The standard InChI is InChI=1S/C21H19ClFN3O3S2/c22-16-13-17(23)18(24-20-25-8-4-5-9-26(25)21(28)31-20)12-15(16)19(27)29-10-11-30-14-6-2-1-3-7-14/h1-3,6-7,12-13H,4-5,8-11H2. The Morgan fingerprint density at radius 1 is 1.19 bits per heavy atom. The molecule has 0 spiro atoms. The fraction of sp³-hybridized carbons (Fsp3) is 0.286. The summed E-state index contributed by atoms with van der Waals surface area (Å²) in [6.07, 6.45) is 1.84. The van der Waals surface area contributed by atoms with Crippen LogP contribution in [0.3, 0.4) is 0 Å². The van der Waals surface area contributed by atoms with E-state index in [0.29, 0.717) is 23.6 Å². The highest BCUT2D eigenvalue weighted by Crippen LogP contribution is 2.27. The maximum Gasteiger partial charge on any atom is 0.339 e. The van der Waals surface area contributed by atoms with Crippen molar-refractivity contribution in [1.29, 1.82) is 0 Å². The second kappa shape index (κ2) is 9.84. The van der Waals surface area contributed by atoms with E-state index < -0.39 is 11.8 Å². The molecule has 2 heterocycles. The molecular formula is C21H19ClFN3O3S2. The first kappa shape index (κ1) is 21.9. The smallest absolute Gasteiger partial charge is 0.339 e. The molecule has 0 amide bonds. The maximum atomic E-state index is 14.5. The summed E-state index contributed by atoms with van der Waals surface area (Å²) in [6.45, 7) is 1.44. The maximum absolute atomic E-state index is 14.5. The van der Waals surface area contributed by atoms with Gasteiger partial charge in [0, 0.05) is 23.7 Å². The van der Waals surface area contributed by atoms with Crippen LogP contribution >= 0.6 is 34.7 Å². The van der Waals surface area contributed by atoms with Crippen LogP contribution in [0.1, 0.15) is 23.2 Å². The molecule has 0 bridgehead atoms. The molecule has 31 heavy (non-hydrogen) atoms. The SMILES string of the molecule is O=C(OCCSc1ccccc1)c1cc(N=c2sc(=O)n3n2CCCC3)c(F)cc1Cl. The first-order valence-corrected chi connectivity index (χ1v) is 11.9. The molecule has 6 nitrogen and oxygen atoms in total. The lowest BCUT2D eigenvalue weighted by Crippen LogP contribution is -2.31. The topological polar surface area (TPSA) is 65.6 Å². The van der Waals surface area contributed by atoms with Crippen molar-refractivity contribution < 1.29 is 13.9 Å². The number of halogens is 2. The number of benzene rings is 2. The van der Waals surface area contributed by atoms with Crippen molar-refractivity contribution in [1.82, 2.24) is 9.36 Å². The highest BCUT2D eigenvalue weighted by Gasteiger charge is 2.18. The number of hydrogen-bond acceptors (Lipinski definition) is 6. The van der Waals surface area contributed by atoms with Gasteiger partial charge in [0.1, 0.15) is 18.1 Å². The highest BCUT2D eigenvalue weighted by atomic mass is 35.5. The number of nitrogens with zero attached hydrogens (tertiary/aromatic N) is 3. The Labute approximate surface area is 190 Å². The number of fused-ring (bicyclic) bond motifs is 1. The zero-order valence-corrected chi connectivity index (χ0v) is 18.8. The molecule has 0 saturated heterocycles. The fourth-order valence-corrected chi connectivity index (χ4v) is 5.06. The largest absolute Gasteiger partial charge is 0.461 e. The molecule has 0 saturated carbocycles. The summed E-state index contributed by atoms with van der Waals surface area (Å²) in [5.41, 5.74) is -0.0188. The summed E-state index contributed by atoms with van der Waals surface area (Å²) < 4.78 is 23.2. The first-order valence-electron chi connectivity index (χ1n) is 9.72. The molecule has 1 aliphatic heterocycles. The van der Waals surface area contributed by atoms with E-state index in [-0.39, 0.29) is 27.8 Å². The van der Waals surface area contributed by atoms with Crippen molar-refractivity contribution >= 4 is 46.4 Å². The summed E-state index contributed by atoms with van der Waals surface area (Å²) in [6, 6.07) is 12.1. The molecule has 0 unspecified atom stereocenters. The Balaban J connectivity index is 1.51. The number of rotatable bonds is 6. The van der Waals surface area contributed by atoms with Gasteiger partial charge < -0.3 is 4.74 Å². The van der Waals surface area contributed by atoms with Crippen LogP contribution in [0.5, 0.6) is 0 Å². The lowest BCUT2D eigenvalue weighted by molar-refractivity contribution is 0.0530. The van der Waals surface area contributed by atoms with E-state index in [1.54, 1.807) is 21.1 Å². The van der Waals surface area contributed by atoms with Crippen LogP contribution in [0.25, 0.3) is 0 Å². The molecule has 3 aromatic rings. The van der Waals surface area contributed by atoms with Crippen LogP contribution in [-0.2, 0) is 17.8 Å². The van der Waals surface area contributed by atoms with Crippen LogP contribution in [0.4, 0.5) is 10.1 Å². The summed E-state index contributed by atoms with van der Waals surface area (Å²) in [5, 5.41) is -0.0445. The number of aromatic nitrogens is 2. The molecule has 0 fully saturated rings. The minimum absolute atomic E-state index is 0.0388. The Bertz CT molecular complexity index is 1220. The second-order valence-electron chi connectivity index (χ2n) is 6.80. The van der Waals surface area contributed by atoms with Crippen LogP contribution in [0, 0.1) is 5.82 Å². The number of thioether (sulfide) groups is 1. The van der Waals surface area contributed by atoms with Gasteiger partial charge in [-0.15, -0.1) is 11.8 Å². The van der Waals surface area contributed by atoms with E-state index in [2.05, 4.69) is 4.99 Å². The average molecular weight is 480 g/mol. The Hall–Kier alpha value is -2.36. The van der Waals surface area contributed by atoms with E-state index in [1.165, 1.54) is 6.07 Å². The van der Waals surface area contributed by atoms with Gasteiger partial charge in [-0.1, -0.05) is 29.8 Å². The third kappa shape index (κ3) is 5.11. The van der Waals surface area contributed by atoms with Gasteiger partial charge in [0.25, 0.3) is 0 Å². The van der Waals surface area contributed by atoms with Crippen molar-refractivity contribution in [3.63, 3.8) is 0 Å². The lowest BCUT2D eigenvalue weighted by atomic mass is 10.2. The van der Waals surface area contributed by atoms with E-state index in [4.69, 9.17) is 16.3 Å². The Morgan fingerprint density at radius 3 is 2.71 bits per heavy atom. The van der Waals surface area contributed by atoms with E-state index in [9.17, 15) is 14.0 Å². The van der Waals surface area contributed by atoms with Crippen LogP contribution in [0.2, 0.25) is 5.02 Å². The van der Waals surface area contributed by atoms with Crippen molar-refractivity contribution in [2.24, 2.45) is 4.99 Å². The van der Waals surface area contributed by atoms with Crippen molar-refractivity contribution in [2.45, 2.75) is 30.8 Å². The molecule has 0 aliphatic carbocycles. The molecule has 0 atom stereocenters. The first-order chi connectivity index (χ1) is 15.0. The Kier molecular flexibility index (Phi) is 6.94. The fourth-order valence-electron chi connectivity index (χ4n) is 3.19. The molecular weight excluding hydrogens is 461 g/mol. The second-order valence-corrected chi connectivity index (χ2v) is 9.29. The number of hydrogen-bond donors (Lipinski definition) is 0. The molecule has 162 valence electrons. The molecule has 0 radical (unpaired) electrons. The number of esters is 1. The van der Waals surface area contributed by atoms with Gasteiger partial charge in [0.05, 0.1) is 10.6 Å². The zero-order valence-electron chi connectivity index (χ0n) is 16.4. The van der Waals surface area contributed by atoms with Crippen molar-refractivity contribution in [3.05, 3.63) is 73.3 Å². The molecule has 0 N–H and O–H groups in total. The minimum Gasteiger partial charge on any atom is -0.461 e. The van der Waals surface area contributed by atoms with Gasteiger partial charge in [-0.3, -0.25) is 9.48 Å². The van der Waals surface area contributed by atoms with E-state index >= 15 is 0 Å². The van der Waals surface area contributed by atoms with Gasteiger partial charge >= 0.3 is 10.8 Å². The predicted molar refractivity (Wildman–Crippen MR) is 120 cm³/mol. The summed E-state index contributed by atoms with van der Waals surface area (Å²) in [7, 11) is 0. The van der Waals surface area contributed by atoms with Crippen molar-refractivity contribution in [3.8, 4) is 0 Å². The Morgan fingerprint density at radius 2 is 1.94 bits per heavy atom. The monoisotopic (exact) mass is 479 g/mol. The zero-order chi connectivity index (χ0) is 21.8. The van der Waals surface area contributed by atoms with Crippen molar-refractivity contribution in [2.75, 3.05) is 12.4 Å². The van der Waals surface area contributed by atoms with E-state index in [1.807, 2.05) is 30.3 Å². The molecule has 1 aromatic heterocycles. The third-order valence-corrected chi connectivity index (χ3v) is 6.85. The number of carbonyl (C=O) groups excluding carboxylic acids is 1. The lowest BCUT2D eigenvalue weighted by Gasteiger charge is -2.15. The van der Waals surface area contributed by atoms with Gasteiger partial charge in [-0.05, 0) is 48.4 Å². The van der Waals surface area contributed by atoms with Crippen LogP contribution < -0.4 is 9.67 Å². The van der Waals surface area contributed by atoms with Gasteiger partial charge in [-0.2, -0.15) is 0 Å². The predicted octanol–water partition coefficient (Wildman–Crippen LogP) is 4.48. The molecule has 10 heteroatoms.